The van der Waals surface area contributed by atoms with Crippen LogP contribution in [0.1, 0.15) is 166 Å². The van der Waals surface area contributed by atoms with Crippen molar-refractivity contribution >= 4 is 64.5 Å². The summed E-state index contributed by atoms with van der Waals surface area (Å²) in [5, 5.41) is 69.6. The monoisotopic (exact) mass is 1120 g/mol. The number of phenolic OH excluding ortho intramolecular Hbond substituents is 2. The summed E-state index contributed by atoms with van der Waals surface area (Å²) >= 11 is 1.18. The standard InChI is InChI=1S/C62H88N6O11S/c1-36(43-19-20-44-54-45(24-26-62(43,44)8)61(7)25-23-41(69)31-40(61)32-48(54)70)17-22-51(72)65-47(58(76)77)15-12-13-27-64-50(71)16-11-10-14-28-68(59(78)79-42-18-21-46-49(33-42)80-52(35-63)66-46)30-29-67(9)53(73)34-60(5,6)55-39(4)56(74)37(2)38(3)57(55)75/h18,21,33,36,40-41,43-45,47-48,54,69-70,74-75H,3-4,10-17,19-20,22-32,34H2,1-2,5-9H3,(H,64,71)(H,65,72)(H,76,77)/t36-,40+,41-,43-,44+,45+,47?,48-,54+,61+,62-/m1/s1. The van der Waals surface area contributed by atoms with Crippen molar-refractivity contribution in [2.24, 2.45) is 46.3 Å². The fourth-order valence-electron chi connectivity index (χ4n) is 15.0. The average Bonchev–Trinajstić information content (AvgIpc) is 4.11. The lowest BCUT2D eigenvalue weighted by atomic mass is 9.43. The third-order valence-electron chi connectivity index (χ3n) is 19.7. The minimum atomic E-state index is -1.09. The average molecular weight is 1130 g/mol. The molecule has 4 aliphatic carbocycles. The number of phenols is 2. The van der Waals surface area contributed by atoms with E-state index in [1.165, 1.54) is 21.1 Å². The molecule has 3 aromatic rings. The number of hydrogen-bond acceptors (Lipinski definition) is 13. The van der Waals surface area contributed by atoms with E-state index in [1.807, 2.05) is 6.07 Å². The Morgan fingerprint density at radius 1 is 0.900 bits per heavy atom. The van der Waals surface area contributed by atoms with Crippen LogP contribution in [-0.2, 0) is 24.6 Å². The van der Waals surface area contributed by atoms with Gasteiger partial charge < -0.3 is 50.7 Å². The second kappa shape index (κ2) is 26.0. The molecule has 1 unspecified atom stereocenters. The van der Waals surface area contributed by atoms with E-state index in [4.69, 9.17) is 4.74 Å². The molecule has 0 saturated heterocycles. The van der Waals surface area contributed by atoms with Crippen molar-refractivity contribution in [3.8, 4) is 23.3 Å². The first kappa shape index (κ1) is 61.8. The molecular weight excluding hydrogens is 1040 g/mol. The molecule has 2 aromatic carbocycles. The SMILES string of the molecule is C=c1c(C)c(O)c(=C)c(C(C)(C)CC(=O)N(C)CCN(CCCCCC(=O)NCCCCC(NC(=O)CC[C@@H](C)[C@H]2CC[C@H]3[C@@H]4[C@H](O)C[C@@H]5C[C@H](O)CC[C@]5(C)[C@H]4CC[C@]23C)C(=O)O)C(=O)Oc2ccc3nc(C#N)sc3c2)c1O. The number of ether oxygens (including phenoxy) is 1. The summed E-state index contributed by atoms with van der Waals surface area (Å²) in [4.78, 5) is 73.0. The highest BCUT2D eigenvalue weighted by atomic mass is 32.1. The number of unbranched alkanes of at least 4 members (excludes halogenated alkanes) is 3. The lowest BCUT2D eigenvalue weighted by Crippen LogP contribution is -2.58. The fraction of sp³-hybridized carbons (Fsp3) is 0.661. The Labute approximate surface area is 475 Å². The van der Waals surface area contributed by atoms with Gasteiger partial charge in [-0.1, -0.05) is 54.2 Å². The Morgan fingerprint density at radius 3 is 2.35 bits per heavy atom. The number of amides is 4. The predicted molar refractivity (Wildman–Crippen MR) is 308 cm³/mol. The second-order valence-electron chi connectivity index (χ2n) is 25.2. The van der Waals surface area contributed by atoms with E-state index in [1.54, 1.807) is 46.0 Å². The number of nitrogens with one attached hydrogen (secondary N) is 2. The second-order valence-corrected chi connectivity index (χ2v) is 26.3. The first-order valence-electron chi connectivity index (χ1n) is 29.2. The van der Waals surface area contributed by atoms with E-state index in [0.717, 1.165) is 51.4 Å². The molecule has 1 heterocycles. The molecule has 1 aromatic heterocycles. The minimum absolute atomic E-state index is 0.0422. The lowest BCUT2D eigenvalue weighted by Gasteiger charge is -2.62. The van der Waals surface area contributed by atoms with Crippen molar-refractivity contribution in [2.75, 3.05) is 33.2 Å². The first-order valence-corrected chi connectivity index (χ1v) is 30.0. The normalized spacial score (nSPS) is 26.0. The maximum absolute atomic E-state index is 13.7. The molecule has 11 atom stereocenters. The Morgan fingerprint density at radius 2 is 1.62 bits per heavy atom. The number of nitriles is 1. The van der Waals surface area contributed by atoms with E-state index >= 15 is 0 Å². The molecule has 18 heteroatoms. The molecular formula is C62H88N6O11S. The number of aliphatic hydroxyl groups excluding tert-OH is 2. The smallest absolute Gasteiger partial charge is 0.415 e. The summed E-state index contributed by atoms with van der Waals surface area (Å²) in [5.74, 6) is 0.539. The zero-order valence-corrected chi connectivity index (χ0v) is 49.1. The van der Waals surface area contributed by atoms with Gasteiger partial charge in [-0.25, -0.2) is 14.6 Å². The first-order chi connectivity index (χ1) is 37.8. The van der Waals surface area contributed by atoms with E-state index in [0.29, 0.717) is 90.1 Å². The number of aromatic hydroxyl groups is 2. The van der Waals surface area contributed by atoms with Crippen molar-refractivity contribution < 1.29 is 54.2 Å². The fourth-order valence-corrected chi connectivity index (χ4v) is 15.8. The quantitative estimate of drug-likeness (QED) is 0.0330. The molecule has 4 fully saturated rings. The van der Waals surface area contributed by atoms with Crippen LogP contribution < -0.4 is 25.8 Å². The molecule has 438 valence electrons. The van der Waals surface area contributed by atoms with Gasteiger partial charge in [-0.2, -0.15) is 5.26 Å². The summed E-state index contributed by atoms with van der Waals surface area (Å²) in [6.07, 6.45) is 10.6. The molecule has 80 heavy (non-hydrogen) atoms. The summed E-state index contributed by atoms with van der Waals surface area (Å²) < 4.78 is 6.48. The number of carboxylic acids is 1. The molecule has 0 spiro atoms. The number of likely N-dealkylation sites (N-methyl/N-ethyl adjacent to an activating group) is 1. The molecule has 0 radical (unpaired) electrons. The summed E-state index contributed by atoms with van der Waals surface area (Å²) in [6, 6.07) is 5.93. The lowest BCUT2D eigenvalue weighted by molar-refractivity contribution is -0.174. The summed E-state index contributed by atoms with van der Waals surface area (Å²) in [7, 11) is 1.62. The molecule has 4 amide bonds. The molecule has 7 N–H and O–H groups in total. The highest BCUT2D eigenvalue weighted by Gasteiger charge is 2.63. The summed E-state index contributed by atoms with van der Waals surface area (Å²) in [6.45, 7) is 21.0. The van der Waals surface area contributed by atoms with Gasteiger partial charge in [0.1, 0.15) is 29.4 Å². The highest BCUT2D eigenvalue weighted by Crippen LogP contribution is 2.68. The number of carboxylic acid groups (broad SMARTS) is 1. The van der Waals surface area contributed by atoms with E-state index in [9.17, 15) is 54.8 Å². The number of benzene rings is 2. The van der Waals surface area contributed by atoms with Gasteiger partial charge in [0.25, 0.3) is 0 Å². The Hall–Kier alpha value is -5.77. The summed E-state index contributed by atoms with van der Waals surface area (Å²) in [5.41, 5.74) is 0.654. The van der Waals surface area contributed by atoms with Crippen molar-refractivity contribution in [1.82, 2.24) is 25.4 Å². The molecule has 4 aliphatic rings. The number of nitrogens with zero attached hydrogens (tertiary/aromatic N) is 4. The number of aliphatic carboxylic acids is 1. The van der Waals surface area contributed by atoms with Gasteiger partial charge in [0.2, 0.25) is 17.7 Å². The van der Waals surface area contributed by atoms with Crippen LogP contribution in [0.5, 0.6) is 17.2 Å². The Bertz CT molecular complexity index is 2900. The number of carbonyl (C=O) groups excluding carboxylic acids is 4. The number of fused-ring (bicyclic) bond motifs is 6. The van der Waals surface area contributed by atoms with Gasteiger partial charge in [-0.3, -0.25) is 14.4 Å². The van der Waals surface area contributed by atoms with Gasteiger partial charge in [0.15, 0.2) is 5.01 Å². The maximum Gasteiger partial charge on any atom is 0.415 e. The molecule has 4 saturated carbocycles. The number of thiazole rings is 1. The van der Waals surface area contributed by atoms with E-state index in [2.05, 4.69) is 49.5 Å². The number of aliphatic hydroxyl groups is 2. The van der Waals surface area contributed by atoms with Gasteiger partial charge in [-0.05, 0) is 155 Å². The predicted octanol–water partition coefficient (Wildman–Crippen LogP) is 8.16. The number of hydrogen-bond donors (Lipinski definition) is 7. The highest BCUT2D eigenvalue weighted by molar-refractivity contribution is 7.19. The zero-order valence-electron chi connectivity index (χ0n) is 48.3. The van der Waals surface area contributed by atoms with Gasteiger partial charge in [0.05, 0.1) is 22.4 Å². The number of carbonyl (C=O) groups is 5. The van der Waals surface area contributed by atoms with Crippen LogP contribution in [0, 0.1) is 64.6 Å². The van der Waals surface area contributed by atoms with Crippen molar-refractivity contribution in [1.29, 1.82) is 5.26 Å². The molecule has 0 aliphatic heterocycles. The Balaban J connectivity index is 0.821. The van der Waals surface area contributed by atoms with E-state index < -0.39 is 23.5 Å². The van der Waals surface area contributed by atoms with Crippen LogP contribution in [0.15, 0.2) is 18.2 Å². The third kappa shape index (κ3) is 13.8. The van der Waals surface area contributed by atoms with Gasteiger partial charge in [-0.15, -0.1) is 11.3 Å². The van der Waals surface area contributed by atoms with Crippen LogP contribution in [-0.4, -0.2) is 122 Å². The Kier molecular flexibility index (Phi) is 20.1. The number of rotatable bonds is 24. The van der Waals surface area contributed by atoms with Crippen molar-refractivity contribution in [2.45, 2.75) is 181 Å². The van der Waals surface area contributed by atoms with Crippen LogP contribution >= 0.6 is 11.3 Å². The minimum Gasteiger partial charge on any atom is -0.507 e. The van der Waals surface area contributed by atoms with Crippen LogP contribution in [0.25, 0.3) is 23.4 Å². The topological polar surface area (TPSA) is 263 Å². The van der Waals surface area contributed by atoms with Crippen molar-refractivity contribution in [3.05, 3.63) is 44.8 Å². The van der Waals surface area contributed by atoms with Crippen molar-refractivity contribution in [3.63, 3.8) is 0 Å². The molecule has 17 nitrogen and oxygen atoms in total. The molecule has 7 rings (SSSR count). The largest absolute Gasteiger partial charge is 0.507 e. The van der Waals surface area contributed by atoms with Crippen LogP contribution in [0.2, 0.25) is 0 Å². The third-order valence-corrected chi connectivity index (χ3v) is 20.6. The zero-order chi connectivity index (χ0) is 58.4. The number of aromatic nitrogens is 1. The van der Waals surface area contributed by atoms with E-state index in [-0.39, 0.29) is 131 Å². The molecule has 0 bridgehead atoms. The van der Waals surface area contributed by atoms with Crippen LogP contribution in [0.4, 0.5) is 4.79 Å². The van der Waals surface area contributed by atoms with Gasteiger partial charge in [0, 0.05) is 85.5 Å². The van der Waals surface area contributed by atoms with Gasteiger partial charge >= 0.3 is 12.1 Å². The van der Waals surface area contributed by atoms with Crippen LogP contribution in [0.3, 0.4) is 0 Å². The maximum atomic E-state index is 13.7.